The minimum Gasteiger partial charge on any atom is -0.266 e. The molecule has 5 nitrogen and oxygen atoms in total. The maximum absolute atomic E-state index is 14.0. The Kier molecular flexibility index (Phi) is 6.90. The summed E-state index contributed by atoms with van der Waals surface area (Å²) in [7, 11) is -3.95. The highest BCUT2D eigenvalue weighted by atomic mass is 127. The molecule has 9 heteroatoms. The molecule has 0 aliphatic carbocycles. The number of rotatable bonds is 6. The summed E-state index contributed by atoms with van der Waals surface area (Å²) in [5.41, 5.74) is 2.33. The Morgan fingerprint density at radius 1 is 0.969 bits per heavy atom. The fourth-order valence-corrected chi connectivity index (χ4v) is 5.97. The third kappa shape index (κ3) is 4.71. The number of nitrogens with zero attached hydrogens (tertiary/aromatic N) is 3. The van der Waals surface area contributed by atoms with Crippen LogP contribution in [-0.2, 0) is 10.0 Å². The lowest BCUT2D eigenvalue weighted by Crippen LogP contribution is -2.34. The van der Waals surface area contributed by atoms with Crippen molar-refractivity contribution in [3.05, 3.63) is 92.2 Å². The van der Waals surface area contributed by atoms with Crippen molar-refractivity contribution < 1.29 is 8.42 Å². The monoisotopic (exact) mass is 597 g/mol. The number of halogens is 3. The Labute approximate surface area is 210 Å². The summed E-state index contributed by atoms with van der Waals surface area (Å²) in [5.74, 6) is -0.154. The van der Waals surface area contributed by atoms with Crippen LogP contribution in [-0.4, -0.2) is 24.9 Å². The average Bonchev–Trinajstić information content (AvgIpc) is 2.78. The number of aromatic nitrogens is 2. The number of hydrogen-bond donors (Lipinski definition) is 0. The first-order chi connectivity index (χ1) is 15.3. The zero-order chi connectivity index (χ0) is 22.9. The lowest BCUT2D eigenvalue weighted by molar-refractivity contribution is 0.587. The number of para-hydroxylation sites is 1. The van der Waals surface area contributed by atoms with Crippen molar-refractivity contribution in [3.8, 4) is 0 Å². The van der Waals surface area contributed by atoms with Crippen molar-refractivity contribution in [2.45, 2.75) is 17.7 Å². The predicted molar refractivity (Wildman–Crippen MR) is 138 cm³/mol. The molecule has 0 amide bonds. The minimum absolute atomic E-state index is 0.114. The molecule has 1 heterocycles. The van der Waals surface area contributed by atoms with Crippen LogP contribution in [0.4, 0.5) is 5.69 Å². The summed E-state index contributed by atoms with van der Waals surface area (Å²) in [5, 5.41) is 0.892. The number of fused-ring (bicyclic) bond motifs is 1. The van der Waals surface area contributed by atoms with Crippen LogP contribution in [0, 0.1) is 3.57 Å². The van der Waals surface area contributed by atoms with E-state index >= 15 is 0 Å². The Hall–Kier alpha value is -1.94. The van der Waals surface area contributed by atoms with Crippen molar-refractivity contribution in [3.63, 3.8) is 0 Å². The average molecular weight is 598 g/mol. The third-order valence-corrected chi connectivity index (χ3v) is 8.31. The van der Waals surface area contributed by atoms with E-state index in [0.717, 1.165) is 9.13 Å². The molecule has 0 radical (unpaired) electrons. The molecule has 0 fully saturated rings. The normalized spacial score (nSPS) is 12.6. The first kappa shape index (κ1) is 23.2. The second-order valence-corrected chi connectivity index (χ2v) is 11.2. The van der Waals surface area contributed by atoms with E-state index in [1.165, 1.54) is 10.5 Å². The van der Waals surface area contributed by atoms with Gasteiger partial charge in [-0.3, -0.25) is 14.3 Å². The van der Waals surface area contributed by atoms with Crippen molar-refractivity contribution >= 4 is 72.5 Å². The second-order valence-electron chi connectivity index (χ2n) is 7.27. The Morgan fingerprint density at radius 2 is 1.72 bits per heavy atom. The fourth-order valence-electron chi connectivity index (χ4n) is 3.44. The summed E-state index contributed by atoms with van der Waals surface area (Å²) >= 11 is 14.4. The molecule has 0 bridgehead atoms. The van der Waals surface area contributed by atoms with Gasteiger partial charge < -0.3 is 0 Å². The Morgan fingerprint density at radius 3 is 2.47 bits per heavy atom. The van der Waals surface area contributed by atoms with Crippen LogP contribution in [0.3, 0.4) is 0 Å². The summed E-state index contributed by atoms with van der Waals surface area (Å²) in [6, 6.07) is 17.7. The smallest absolute Gasteiger partial charge is 0.266 e. The molecule has 32 heavy (non-hydrogen) atoms. The molecular formula is C23H18Cl2IN3O2S. The topological polar surface area (TPSA) is 63.2 Å². The molecule has 164 valence electrons. The van der Waals surface area contributed by atoms with Gasteiger partial charge in [-0.25, -0.2) is 8.42 Å². The van der Waals surface area contributed by atoms with E-state index in [1.54, 1.807) is 42.6 Å². The van der Waals surface area contributed by atoms with Gasteiger partial charge in [0.15, 0.2) is 0 Å². The zero-order valence-corrected chi connectivity index (χ0v) is 21.4. The lowest BCUT2D eigenvalue weighted by atomic mass is 10.0. The zero-order valence-electron chi connectivity index (χ0n) is 16.9. The molecular weight excluding hydrogens is 580 g/mol. The van der Waals surface area contributed by atoms with Gasteiger partial charge in [-0.15, -0.1) is 0 Å². The van der Waals surface area contributed by atoms with Crippen molar-refractivity contribution in [1.82, 2.24) is 9.97 Å². The quantitative estimate of drug-likeness (QED) is 0.237. The third-order valence-electron chi connectivity index (χ3n) is 5.08. The largest absolute Gasteiger partial charge is 0.266 e. The highest BCUT2D eigenvalue weighted by molar-refractivity contribution is 14.1. The van der Waals surface area contributed by atoms with Crippen LogP contribution in [0.15, 0.2) is 78.0 Å². The first-order valence-electron chi connectivity index (χ1n) is 9.70. The Bertz CT molecular complexity index is 1390. The maximum Gasteiger partial charge on any atom is 0.266 e. The van der Waals surface area contributed by atoms with Gasteiger partial charge in [0.1, 0.15) is 10.4 Å². The van der Waals surface area contributed by atoms with Gasteiger partial charge in [-0.2, -0.15) is 0 Å². The number of hydrogen-bond acceptors (Lipinski definition) is 4. The van der Waals surface area contributed by atoms with Gasteiger partial charge in [-0.1, -0.05) is 48.3 Å². The molecule has 0 aliphatic heterocycles. The SMILES string of the molecule is CC(CN(c1cccc(I)c1)S(=O)(=O)c1cccc2nccnc12)c1ccc(Cl)c(Cl)c1. The van der Waals surface area contributed by atoms with Crippen LogP contribution in [0.1, 0.15) is 18.4 Å². The molecule has 0 N–H and O–H groups in total. The standard InChI is InChI=1S/C23H18Cl2IN3O2S/c1-15(16-8-9-19(24)20(25)12-16)14-29(18-5-2-4-17(26)13-18)32(30,31)22-7-3-6-21-23(22)28-11-10-27-21/h2-13,15H,14H2,1H3. The van der Waals surface area contributed by atoms with E-state index in [4.69, 9.17) is 23.2 Å². The second kappa shape index (κ2) is 9.51. The molecule has 0 aliphatic rings. The van der Waals surface area contributed by atoms with Gasteiger partial charge in [0.2, 0.25) is 0 Å². The highest BCUT2D eigenvalue weighted by Crippen LogP contribution is 2.32. The minimum atomic E-state index is -3.95. The van der Waals surface area contributed by atoms with Gasteiger partial charge in [-0.05, 0) is 76.5 Å². The van der Waals surface area contributed by atoms with Crippen LogP contribution >= 0.6 is 45.8 Å². The lowest BCUT2D eigenvalue weighted by Gasteiger charge is -2.28. The van der Waals surface area contributed by atoms with Crippen LogP contribution in [0.5, 0.6) is 0 Å². The maximum atomic E-state index is 14.0. The molecule has 1 atom stereocenters. The van der Waals surface area contributed by atoms with Gasteiger partial charge >= 0.3 is 0 Å². The van der Waals surface area contributed by atoms with E-state index < -0.39 is 10.0 Å². The molecule has 0 saturated heterocycles. The van der Waals surface area contributed by atoms with Crippen molar-refractivity contribution in [2.75, 3.05) is 10.8 Å². The van der Waals surface area contributed by atoms with E-state index in [-0.39, 0.29) is 17.4 Å². The van der Waals surface area contributed by atoms with E-state index in [0.29, 0.717) is 26.8 Å². The van der Waals surface area contributed by atoms with Crippen LogP contribution in [0.25, 0.3) is 11.0 Å². The summed E-state index contributed by atoms with van der Waals surface area (Å²) in [6.07, 6.45) is 3.04. The van der Waals surface area contributed by atoms with E-state index in [1.807, 2.05) is 31.2 Å². The first-order valence-corrected chi connectivity index (χ1v) is 13.0. The molecule has 1 unspecified atom stereocenters. The number of benzene rings is 3. The summed E-state index contributed by atoms with van der Waals surface area (Å²) in [6.45, 7) is 2.16. The van der Waals surface area contributed by atoms with Crippen molar-refractivity contribution in [2.24, 2.45) is 0 Å². The molecule has 4 aromatic rings. The number of anilines is 1. The molecule has 4 rings (SSSR count). The van der Waals surface area contributed by atoms with Crippen molar-refractivity contribution in [1.29, 1.82) is 0 Å². The molecule has 0 saturated carbocycles. The molecule has 1 aromatic heterocycles. The van der Waals surface area contributed by atoms with Crippen LogP contribution < -0.4 is 4.31 Å². The molecule has 0 spiro atoms. The molecule has 3 aromatic carbocycles. The number of sulfonamides is 1. The summed E-state index contributed by atoms with van der Waals surface area (Å²) in [4.78, 5) is 8.67. The van der Waals surface area contributed by atoms with E-state index in [9.17, 15) is 8.42 Å². The predicted octanol–water partition coefficient (Wildman–Crippen LogP) is 6.54. The van der Waals surface area contributed by atoms with Gasteiger partial charge in [0.05, 0.1) is 21.2 Å². The van der Waals surface area contributed by atoms with Gasteiger partial charge in [0, 0.05) is 22.5 Å². The fraction of sp³-hybridized carbons (Fsp3) is 0.130. The Balaban J connectivity index is 1.83. The van der Waals surface area contributed by atoms with Gasteiger partial charge in [0.25, 0.3) is 10.0 Å². The summed E-state index contributed by atoms with van der Waals surface area (Å²) < 4.78 is 30.3. The van der Waals surface area contributed by atoms with Crippen LogP contribution in [0.2, 0.25) is 10.0 Å². The highest BCUT2D eigenvalue weighted by Gasteiger charge is 2.29. The van der Waals surface area contributed by atoms with E-state index in [2.05, 4.69) is 32.6 Å².